The molecule has 0 radical (unpaired) electrons. The summed E-state index contributed by atoms with van der Waals surface area (Å²) < 4.78 is 30.6. The number of ether oxygens (including phenoxy) is 1. The van der Waals surface area contributed by atoms with Crippen LogP contribution in [0.1, 0.15) is 5.56 Å². The Morgan fingerprint density at radius 1 is 1.28 bits per heavy atom. The number of hydrogen-bond acceptors (Lipinski definition) is 5. The Kier molecular flexibility index (Phi) is 6.13. The molecule has 8 nitrogen and oxygen atoms in total. The molecule has 11 heteroatoms. The van der Waals surface area contributed by atoms with Crippen molar-refractivity contribution in [1.82, 2.24) is 9.78 Å². The number of hydrogen-bond donors (Lipinski definition) is 2. The molecule has 2 aromatic carbocycles. The molecule has 1 aromatic heterocycles. The first-order valence-corrected chi connectivity index (χ1v) is 10.5. The third-order valence-corrected chi connectivity index (χ3v) is 5.47. The van der Waals surface area contributed by atoms with Crippen molar-refractivity contribution in [1.29, 1.82) is 0 Å². The van der Waals surface area contributed by atoms with E-state index in [1.807, 2.05) is 0 Å². The quantitative estimate of drug-likeness (QED) is 0.593. The maximum absolute atomic E-state index is 12.5. The van der Waals surface area contributed by atoms with E-state index in [4.69, 9.17) is 33.1 Å². The molecule has 0 aliphatic rings. The first kappa shape index (κ1) is 21.1. The van der Waals surface area contributed by atoms with E-state index >= 15 is 0 Å². The summed E-state index contributed by atoms with van der Waals surface area (Å²) in [5.41, 5.74) is 0.959. The summed E-state index contributed by atoms with van der Waals surface area (Å²) >= 11 is 12.0. The number of primary sulfonamides is 1. The van der Waals surface area contributed by atoms with Gasteiger partial charge >= 0.3 is 0 Å². The maximum Gasteiger partial charge on any atom is 0.240 e. The van der Waals surface area contributed by atoms with Crippen LogP contribution in [0.15, 0.2) is 53.7 Å². The molecular weight excluding hydrogens is 439 g/mol. The Morgan fingerprint density at radius 3 is 2.66 bits per heavy atom. The molecule has 0 saturated heterocycles. The fourth-order valence-electron chi connectivity index (χ4n) is 2.71. The van der Waals surface area contributed by atoms with E-state index in [0.717, 1.165) is 0 Å². The van der Waals surface area contributed by atoms with Gasteiger partial charge in [-0.05, 0) is 30.3 Å². The standard InChI is InChI=1S/C18H16Cl2N4O4S/c1-28-16-4-2-3-14(20)13(16)8-18(25)23-12-5-6-15(17(7-12)29(21,26)27)24-10-11(19)9-22-24/h2-7,9-10H,8H2,1H3,(H,23,25)(H2,21,26,27). The smallest absolute Gasteiger partial charge is 0.240 e. The third-order valence-electron chi connectivity index (χ3n) is 3.98. The highest BCUT2D eigenvalue weighted by atomic mass is 35.5. The van der Waals surface area contributed by atoms with Gasteiger partial charge in [-0.3, -0.25) is 4.79 Å². The van der Waals surface area contributed by atoms with Crippen LogP contribution in [0.3, 0.4) is 0 Å². The molecular formula is C18H16Cl2N4O4S. The van der Waals surface area contributed by atoms with E-state index < -0.39 is 15.9 Å². The lowest BCUT2D eigenvalue weighted by atomic mass is 10.1. The van der Waals surface area contributed by atoms with Crippen molar-refractivity contribution >= 4 is 44.8 Å². The number of halogens is 2. The van der Waals surface area contributed by atoms with Gasteiger partial charge in [0.05, 0.1) is 30.4 Å². The number of nitrogens with two attached hydrogens (primary N) is 1. The number of carbonyl (C=O) groups excluding carboxylic acids is 1. The van der Waals surface area contributed by atoms with Gasteiger partial charge in [0.2, 0.25) is 15.9 Å². The Balaban J connectivity index is 1.90. The lowest BCUT2D eigenvalue weighted by molar-refractivity contribution is -0.115. The molecule has 3 N–H and O–H groups in total. The minimum absolute atomic E-state index is 0.0654. The van der Waals surface area contributed by atoms with E-state index in [-0.39, 0.29) is 22.7 Å². The van der Waals surface area contributed by atoms with Gasteiger partial charge in [-0.1, -0.05) is 29.3 Å². The summed E-state index contributed by atoms with van der Waals surface area (Å²) in [6.45, 7) is 0. The summed E-state index contributed by atoms with van der Waals surface area (Å²) in [4.78, 5) is 12.3. The van der Waals surface area contributed by atoms with Gasteiger partial charge in [0.25, 0.3) is 0 Å². The van der Waals surface area contributed by atoms with Gasteiger partial charge in [-0.2, -0.15) is 5.10 Å². The lowest BCUT2D eigenvalue weighted by Crippen LogP contribution is -2.18. The summed E-state index contributed by atoms with van der Waals surface area (Å²) in [6.07, 6.45) is 2.73. The summed E-state index contributed by atoms with van der Waals surface area (Å²) in [5.74, 6) is 0.0652. The van der Waals surface area contributed by atoms with Crippen molar-refractivity contribution < 1.29 is 17.9 Å². The van der Waals surface area contributed by atoms with E-state index in [9.17, 15) is 13.2 Å². The molecule has 0 saturated carbocycles. The van der Waals surface area contributed by atoms with Crippen LogP contribution in [0.5, 0.6) is 5.75 Å². The maximum atomic E-state index is 12.5. The number of sulfonamides is 1. The van der Waals surface area contributed by atoms with Gasteiger partial charge in [0, 0.05) is 22.5 Å². The van der Waals surface area contributed by atoms with E-state index in [0.29, 0.717) is 21.4 Å². The van der Waals surface area contributed by atoms with Gasteiger partial charge in [0.1, 0.15) is 10.6 Å². The van der Waals surface area contributed by atoms with Gasteiger partial charge in [-0.15, -0.1) is 0 Å². The van der Waals surface area contributed by atoms with Crippen LogP contribution in [-0.4, -0.2) is 31.2 Å². The van der Waals surface area contributed by atoms with Crippen LogP contribution in [0.4, 0.5) is 5.69 Å². The molecule has 3 aromatic rings. The van der Waals surface area contributed by atoms with Crippen LogP contribution in [0.2, 0.25) is 10.0 Å². The normalized spacial score (nSPS) is 11.3. The van der Waals surface area contributed by atoms with Gasteiger partial charge in [-0.25, -0.2) is 18.2 Å². The Labute approximate surface area is 177 Å². The summed E-state index contributed by atoms with van der Waals surface area (Å²) in [6, 6.07) is 9.30. The number of aromatic nitrogens is 2. The minimum Gasteiger partial charge on any atom is -0.496 e. The Bertz CT molecular complexity index is 1180. The fourth-order valence-corrected chi connectivity index (χ4v) is 3.82. The highest BCUT2D eigenvalue weighted by molar-refractivity contribution is 7.89. The topological polar surface area (TPSA) is 116 Å². The van der Waals surface area contributed by atoms with Crippen molar-refractivity contribution in [3.8, 4) is 11.4 Å². The van der Waals surface area contributed by atoms with Crippen LogP contribution >= 0.6 is 23.2 Å². The monoisotopic (exact) mass is 454 g/mol. The first-order chi connectivity index (χ1) is 13.7. The number of methoxy groups -OCH3 is 1. The number of amides is 1. The molecule has 3 rings (SSSR count). The largest absolute Gasteiger partial charge is 0.496 e. The summed E-state index contributed by atoms with van der Waals surface area (Å²) in [5, 5.41) is 12.7. The van der Waals surface area contributed by atoms with E-state index in [1.165, 1.54) is 42.4 Å². The van der Waals surface area contributed by atoms with Crippen LogP contribution < -0.4 is 15.2 Å². The number of nitrogens with zero attached hydrogens (tertiary/aromatic N) is 2. The highest BCUT2D eigenvalue weighted by Gasteiger charge is 2.19. The second-order valence-electron chi connectivity index (χ2n) is 5.98. The van der Waals surface area contributed by atoms with Crippen molar-refractivity contribution in [2.75, 3.05) is 12.4 Å². The zero-order valence-corrected chi connectivity index (χ0v) is 17.4. The predicted octanol–water partition coefficient (Wildman–Crippen LogP) is 3.02. The van der Waals surface area contributed by atoms with Crippen LogP contribution in [0.25, 0.3) is 5.69 Å². The molecule has 0 aliphatic heterocycles. The molecule has 0 spiro atoms. The minimum atomic E-state index is -4.10. The number of carbonyl (C=O) groups is 1. The SMILES string of the molecule is COc1cccc(Cl)c1CC(=O)Nc1ccc(-n2cc(Cl)cn2)c(S(N)(=O)=O)c1. The second kappa shape index (κ2) is 8.42. The average molecular weight is 455 g/mol. The van der Waals surface area contributed by atoms with Crippen molar-refractivity contribution in [2.24, 2.45) is 5.14 Å². The first-order valence-electron chi connectivity index (χ1n) is 8.17. The lowest BCUT2D eigenvalue weighted by Gasteiger charge is -2.13. The van der Waals surface area contributed by atoms with E-state index in [2.05, 4.69) is 10.4 Å². The van der Waals surface area contributed by atoms with Crippen molar-refractivity contribution in [2.45, 2.75) is 11.3 Å². The van der Waals surface area contributed by atoms with E-state index in [1.54, 1.807) is 18.2 Å². The fraction of sp³-hybridized carbons (Fsp3) is 0.111. The number of nitrogens with one attached hydrogen (secondary N) is 1. The van der Waals surface area contributed by atoms with Crippen molar-refractivity contribution in [3.63, 3.8) is 0 Å². The molecule has 1 amide bonds. The zero-order valence-electron chi connectivity index (χ0n) is 15.1. The Hall–Kier alpha value is -2.59. The summed E-state index contributed by atoms with van der Waals surface area (Å²) in [7, 11) is -2.63. The third kappa shape index (κ3) is 4.88. The highest BCUT2D eigenvalue weighted by Crippen LogP contribution is 2.28. The number of benzene rings is 2. The van der Waals surface area contributed by atoms with Gasteiger partial charge in [0.15, 0.2) is 0 Å². The number of anilines is 1. The Morgan fingerprint density at radius 2 is 2.03 bits per heavy atom. The van der Waals surface area contributed by atoms with Crippen LogP contribution in [-0.2, 0) is 21.2 Å². The molecule has 1 heterocycles. The number of rotatable bonds is 6. The van der Waals surface area contributed by atoms with Crippen molar-refractivity contribution in [3.05, 3.63) is 64.4 Å². The van der Waals surface area contributed by atoms with Crippen LogP contribution in [0, 0.1) is 0 Å². The molecule has 29 heavy (non-hydrogen) atoms. The molecule has 0 aliphatic carbocycles. The average Bonchev–Trinajstić information content (AvgIpc) is 3.09. The van der Waals surface area contributed by atoms with Gasteiger partial charge < -0.3 is 10.1 Å². The molecule has 152 valence electrons. The zero-order chi connectivity index (χ0) is 21.2. The molecule has 0 fully saturated rings. The second-order valence-corrected chi connectivity index (χ2v) is 8.35. The molecule has 0 atom stereocenters. The molecule has 0 bridgehead atoms. The molecule has 0 unspecified atom stereocenters. The predicted molar refractivity (Wildman–Crippen MR) is 110 cm³/mol.